The Morgan fingerprint density at radius 1 is 1.27 bits per heavy atom. The molecule has 1 aliphatic rings. The number of urea groups is 1. The molecule has 8 heteroatoms. The third-order valence-electron chi connectivity index (χ3n) is 3.25. The van der Waals surface area contributed by atoms with Gasteiger partial charge in [0, 0.05) is 13.1 Å². The van der Waals surface area contributed by atoms with E-state index in [1.165, 1.54) is 12.0 Å². The average Bonchev–Trinajstić information content (AvgIpc) is 2.35. The monoisotopic (exact) mass is 315 g/mol. The molecule has 1 fully saturated rings. The van der Waals surface area contributed by atoms with Gasteiger partial charge in [-0.25, -0.2) is 9.59 Å². The zero-order valence-corrected chi connectivity index (χ0v) is 13.5. The summed E-state index contributed by atoms with van der Waals surface area (Å²) in [7, 11) is 1.31. The Labute approximate surface area is 130 Å². The van der Waals surface area contributed by atoms with Crippen molar-refractivity contribution < 1.29 is 23.9 Å². The number of nitrogens with two attached hydrogens (primary N) is 1. The second-order valence-electron chi connectivity index (χ2n) is 6.47. The molecule has 0 spiro atoms. The van der Waals surface area contributed by atoms with E-state index in [0.29, 0.717) is 19.5 Å². The van der Waals surface area contributed by atoms with Crippen LogP contribution in [0, 0.1) is 5.92 Å². The fraction of sp³-hybridized carbons (Fsp3) is 0.786. The van der Waals surface area contributed by atoms with E-state index in [9.17, 15) is 14.4 Å². The number of amides is 3. The Balaban J connectivity index is 2.66. The fourth-order valence-electron chi connectivity index (χ4n) is 2.43. The van der Waals surface area contributed by atoms with Crippen LogP contribution in [-0.2, 0) is 14.3 Å². The van der Waals surface area contributed by atoms with Crippen molar-refractivity contribution in [3.63, 3.8) is 0 Å². The topological polar surface area (TPSA) is 111 Å². The van der Waals surface area contributed by atoms with Crippen LogP contribution in [0.3, 0.4) is 0 Å². The fourth-order valence-corrected chi connectivity index (χ4v) is 2.43. The van der Waals surface area contributed by atoms with E-state index in [1.807, 2.05) is 0 Å². The number of alkyl carbamates (subject to hydrolysis) is 1. The first-order valence-corrected chi connectivity index (χ1v) is 7.21. The summed E-state index contributed by atoms with van der Waals surface area (Å²) in [5.41, 5.74) is 4.71. The largest absolute Gasteiger partial charge is 0.469 e. The Hall–Kier alpha value is -1.99. The van der Waals surface area contributed by atoms with Gasteiger partial charge in [-0.05, 0) is 33.1 Å². The van der Waals surface area contributed by atoms with Crippen molar-refractivity contribution in [2.75, 3.05) is 20.2 Å². The van der Waals surface area contributed by atoms with Gasteiger partial charge in [-0.3, -0.25) is 4.79 Å². The van der Waals surface area contributed by atoms with Crippen LogP contribution < -0.4 is 11.1 Å². The minimum Gasteiger partial charge on any atom is -0.469 e. The van der Waals surface area contributed by atoms with E-state index in [0.717, 1.165) is 0 Å². The highest BCUT2D eigenvalue weighted by molar-refractivity contribution is 5.73. The smallest absolute Gasteiger partial charge is 0.407 e. The number of carbonyl (C=O) groups excluding carboxylic acids is 3. The molecule has 126 valence electrons. The number of rotatable bonds is 3. The van der Waals surface area contributed by atoms with E-state index in [2.05, 4.69) is 10.1 Å². The molecule has 0 saturated carbocycles. The number of hydrogen-bond donors (Lipinski definition) is 2. The van der Waals surface area contributed by atoms with Crippen molar-refractivity contribution in [2.45, 2.75) is 45.3 Å². The lowest BCUT2D eigenvalue weighted by atomic mass is 9.91. The highest BCUT2D eigenvalue weighted by Gasteiger charge is 2.32. The summed E-state index contributed by atoms with van der Waals surface area (Å²) in [5.74, 6) is -0.471. The normalized spacial score (nSPS) is 21.9. The van der Waals surface area contributed by atoms with Gasteiger partial charge in [0.1, 0.15) is 5.60 Å². The second kappa shape index (κ2) is 7.33. The number of ether oxygens (including phenoxy) is 2. The lowest BCUT2D eigenvalue weighted by Gasteiger charge is -2.37. The third-order valence-corrected chi connectivity index (χ3v) is 3.25. The van der Waals surface area contributed by atoms with E-state index >= 15 is 0 Å². The molecular weight excluding hydrogens is 290 g/mol. The molecule has 0 radical (unpaired) electrons. The molecule has 3 N–H and O–H groups in total. The molecule has 1 rings (SSSR count). The maximum atomic E-state index is 11.8. The molecule has 0 aromatic carbocycles. The molecule has 0 aromatic rings. The van der Waals surface area contributed by atoms with Crippen LogP contribution in [0.4, 0.5) is 9.59 Å². The molecule has 0 aromatic heterocycles. The van der Waals surface area contributed by atoms with Crippen molar-refractivity contribution in [1.29, 1.82) is 0 Å². The Kier molecular flexibility index (Phi) is 6.01. The van der Waals surface area contributed by atoms with E-state index < -0.39 is 17.7 Å². The zero-order valence-electron chi connectivity index (χ0n) is 13.5. The molecule has 1 heterocycles. The van der Waals surface area contributed by atoms with Crippen LogP contribution in [0.1, 0.15) is 33.6 Å². The second-order valence-corrected chi connectivity index (χ2v) is 6.47. The molecule has 0 aliphatic carbocycles. The number of nitrogens with zero attached hydrogens (tertiary/aromatic N) is 1. The summed E-state index contributed by atoms with van der Waals surface area (Å²) >= 11 is 0. The van der Waals surface area contributed by atoms with Crippen molar-refractivity contribution in [2.24, 2.45) is 11.7 Å². The van der Waals surface area contributed by atoms with Crippen molar-refractivity contribution in [3.8, 4) is 0 Å². The molecule has 2 atom stereocenters. The number of hydrogen-bond acceptors (Lipinski definition) is 5. The Morgan fingerprint density at radius 2 is 1.91 bits per heavy atom. The summed E-state index contributed by atoms with van der Waals surface area (Å²) in [6.07, 6.45) is 0.172. The minimum absolute atomic E-state index is 0.117. The van der Waals surface area contributed by atoms with Gasteiger partial charge < -0.3 is 25.4 Å². The number of esters is 1. The quantitative estimate of drug-likeness (QED) is 0.750. The SMILES string of the molecule is COC(=O)CC1CC(NC(=O)OC(C)(C)C)CN(C(N)=O)C1. The first-order chi connectivity index (χ1) is 10.1. The predicted octanol–water partition coefficient (Wildman–Crippen LogP) is 0.843. The molecule has 1 saturated heterocycles. The summed E-state index contributed by atoms with van der Waals surface area (Å²) in [4.78, 5) is 36.1. The molecule has 22 heavy (non-hydrogen) atoms. The van der Waals surface area contributed by atoms with Gasteiger partial charge in [-0.1, -0.05) is 0 Å². The Morgan fingerprint density at radius 3 is 2.41 bits per heavy atom. The number of carbonyl (C=O) groups is 3. The molecule has 8 nitrogen and oxygen atoms in total. The van der Waals surface area contributed by atoms with Gasteiger partial charge in [0.15, 0.2) is 0 Å². The third kappa shape index (κ3) is 6.19. The van der Waals surface area contributed by atoms with Crippen molar-refractivity contribution >= 4 is 18.1 Å². The first kappa shape index (κ1) is 18.1. The van der Waals surface area contributed by atoms with Crippen LogP contribution >= 0.6 is 0 Å². The zero-order chi connectivity index (χ0) is 16.9. The Bertz CT molecular complexity index is 433. The van der Waals surface area contributed by atoms with Crippen LogP contribution in [0.25, 0.3) is 0 Å². The summed E-state index contributed by atoms with van der Waals surface area (Å²) in [6, 6.07) is -0.892. The maximum Gasteiger partial charge on any atom is 0.407 e. The van der Waals surface area contributed by atoms with Gasteiger partial charge in [-0.15, -0.1) is 0 Å². The summed E-state index contributed by atoms with van der Waals surface area (Å²) < 4.78 is 9.84. The van der Waals surface area contributed by atoms with E-state index in [-0.39, 0.29) is 24.3 Å². The highest BCUT2D eigenvalue weighted by Crippen LogP contribution is 2.21. The molecule has 0 bridgehead atoms. The van der Waals surface area contributed by atoms with Gasteiger partial charge in [-0.2, -0.15) is 0 Å². The average molecular weight is 315 g/mol. The molecule has 1 aliphatic heterocycles. The van der Waals surface area contributed by atoms with Gasteiger partial charge >= 0.3 is 18.1 Å². The number of methoxy groups -OCH3 is 1. The molecule has 3 amide bonds. The van der Waals surface area contributed by atoms with E-state index in [1.54, 1.807) is 20.8 Å². The number of primary amides is 1. The molecule has 2 unspecified atom stereocenters. The summed E-state index contributed by atoms with van der Waals surface area (Å²) in [6.45, 7) is 5.97. The lowest BCUT2D eigenvalue weighted by Crippen LogP contribution is -2.54. The maximum absolute atomic E-state index is 11.8. The summed E-state index contributed by atoms with van der Waals surface area (Å²) in [5, 5.41) is 2.72. The first-order valence-electron chi connectivity index (χ1n) is 7.21. The van der Waals surface area contributed by atoms with Gasteiger partial charge in [0.05, 0.1) is 19.6 Å². The van der Waals surface area contributed by atoms with Crippen LogP contribution in [-0.4, -0.2) is 54.8 Å². The van der Waals surface area contributed by atoms with Gasteiger partial charge in [0.25, 0.3) is 0 Å². The number of piperidine rings is 1. The number of nitrogens with one attached hydrogen (secondary N) is 1. The molecular formula is C14H25N3O5. The van der Waals surface area contributed by atoms with Crippen LogP contribution in [0.2, 0.25) is 0 Å². The van der Waals surface area contributed by atoms with E-state index in [4.69, 9.17) is 10.5 Å². The van der Waals surface area contributed by atoms with Crippen LogP contribution in [0.5, 0.6) is 0 Å². The predicted molar refractivity (Wildman–Crippen MR) is 79.1 cm³/mol. The lowest BCUT2D eigenvalue weighted by molar-refractivity contribution is -0.142. The minimum atomic E-state index is -0.604. The standard InChI is InChI=1S/C14H25N3O5/c1-14(2,3)22-13(20)16-10-5-9(6-11(18)21-4)7-17(8-10)12(15)19/h9-10H,5-8H2,1-4H3,(H2,15,19)(H,16,20). The highest BCUT2D eigenvalue weighted by atomic mass is 16.6. The number of likely N-dealkylation sites (tertiary alicyclic amines) is 1. The van der Waals surface area contributed by atoms with Crippen molar-refractivity contribution in [3.05, 3.63) is 0 Å². The van der Waals surface area contributed by atoms with Crippen molar-refractivity contribution in [1.82, 2.24) is 10.2 Å². The van der Waals surface area contributed by atoms with Gasteiger partial charge in [0.2, 0.25) is 0 Å². The van der Waals surface area contributed by atoms with Crippen LogP contribution in [0.15, 0.2) is 0 Å².